The molecule has 2 amide bonds. The number of likely N-dealkylation sites (tertiary alicyclic amines) is 1. The molecule has 1 aromatic carbocycles. The number of rotatable bonds is 6. The van der Waals surface area contributed by atoms with Crippen molar-refractivity contribution in [1.82, 2.24) is 19.8 Å². The van der Waals surface area contributed by atoms with Crippen molar-refractivity contribution in [3.05, 3.63) is 30.1 Å². The number of aromatic nitrogens is 2. The Labute approximate surface area is 148 Å². The smallest absolute Gasteiger partial charge is 0.317 e. The van der Waals surface area contributed by atoms with E-state index in [4.69, 9.17) is 4.98 Å². The normalized spacial score (nSPS) is 20.4. The number of benzene rings is 1. The first kappa shape index (κ1) is 17.7. The Balaban J connectivity index is 1.64. The summed E-state index contributed by atoms with van der Waals surface area (Å²) in [5.74, 6) is 0.995. The van der Waals surface area contributed by atoms with Crippen LogP contribution in [-0.4, -0.2) is 50.8 Å². The molecule has 0 saturated carbocycles. The predicted molar refractivity (Wildman–Crippen MR) is 98.6 cm³/mol. The minimum Gasteiger partial charge on any atom is -0.394 e. The second kappa shape index (κ2) is 7.44. The quantitative estimate of drug-likeness (QED) is 0.846. The Hall–Kier alpha value is -2.08. The number of aliphatic hydroxyl groups is 1. The molecule has 136 valence electrons. The summed E-state index contributed by atoms with van der Waals surface area (Å²) in [5, 5.41) is 12.8. The maximum absolute atomic E-state index is 12.6. The average Bonchev–Trinajstić information content (AvgIpc) is 3.22. The number of fused-ring (bicyclic) bond motifs is 1. The van der Waals surface area contributed by atoms with Crippen molar-refractivity contribution in [2.24, 2.45) is 0 Å². The van der Waals surface area contributed by atoms with E-state index in [1.54, 1.807) is 0 Å². The van der Waals surface area contributed by atoms with Crippen LogP contribution in [0.5, 0.6) is 0 Å². The Morgan fingerprint density at radius 1 is 1.36 bits per heavy atom. The lowest BCUT2D eigenvalue weighted by Crippen LogP contribution is -2.53. The van der Waals surface area contributed by atoms with Crippen LogP contribution in [-0.2, 0) is 13.0 Å². The van der Waals surface area contributed by atoms with Gasteiger partial charge in [0.15, 0.2) is 0 Å². The number of urea groups is 1. The number of imidazole rings is 1. The molecule has 1 aromatic heterocycles. The van der Waals surface area contributed by atoms with Crippen LogP contribution in [0.2, 0.25) is 0 Å². The highest BCUT2D eigenvalue weighted by Gasteiger charge is 2.41. The van der Waals surface area contributed by atoms with E-state index in [1.807, 2.05) is 30.0 Å². The van der Waals surface area contributed by atoms with E-state index < -0.39 is 0 Å². The standard InChI is InChI=1S/C19H28N4O2/c1-3-19(14-24)11-7-13-23(19)18(25)20-12-10-17-21-15-8-5-6-9-16(15)22(17)4-2/h5-6,8-9,24H,3-4,7,10-14H2,1-2H3,(H,20,25)/t19-/m1/s1. The zero-order chi connectivity index (χ0) is 17.9. The number of carbonyl (C=O) groups is 1. The monoisotopic (exact) mass is 344 g/mol. The van der Waals surface area contributed by atoms with Crippen LogP contribution in [0.25, 0.3) is 11.0 Å². The third kappa shape index (κ3) is 3.23. The van der Waals surface area contributed by atoms with Crippen LogP contribution in [0.1, 0.15) is 38.9 Å². The lowest BCUT2D eigenvalue weighted by Gasteiger charge is -2.36. The van der Waals surface area contributed by atoms with E-state index in [0.717, 1.165) is 42.7 Å². The van der Waals surface area contributed by atoms with Crippen LogP contribution in [0.15, 0.2) is 24.3 Å². The highest BCUT2D eigenvalue weighted by molar-refractivity contribution is 5.76. The van der Waals surface area contributed by atoms with Gasteiger partial charge in [-0.3, -0.25) is 0 Å². The lowest BCUT2D eigenvalue weighted by molar-refractivity contribution is 0.0811. The number of hydrogen-bond acceptors (Lipinski definition) is 3. The van der Waals surface area contributed by atoms with Gasteiger partial charge < -0.3 is 19.9 Å². The molecule has 1 saturated heterocycles. The van der Waals surface area contributed by atoms with Crippen LogP contribution in [0.3, 0.4) is 0 Å². The van der Waals surface area contributed by atoms with Crippen LogP contribution < -0.4 is 5.32 Å². The molecule has 2 aromatic rings. The number of aliphatic hydroxyl groups excluding tert-OH is 1. The summed E-state index contributed by atoms with van der Waals surface area (Å²) in [4.78, 5) is 19.1. The fourth-order valence-electron chi connectivity index (χ4n) is 3.94. The summed E-state index contributed by atoms with van der Waals surface area (Å²) in [6.45, 7) is 6.29. The minimum absolute atomic E-state index is 0.0303. The summed E-state index contributed by atoms with van der Waals surface area (Å²) >= 11 is 0. The van der Waals surface area contributed by atoms with Crippen molar-refractivity contribution in [3.63, 3.8) is 0 Å². The Morgan fingerprint density at radius 3 is 2.88 bits per heavy atom. The Morgan fingerprint density at radius 2 is 2.16 bits per heavy atom. The van der Waals surface area contributed by atoms with Gasteiger partial charge in [0.25, 0.3) is 0 Å². The molecule has 0 bridgehead atoms. The molecular formula is C19H28N4O2. The average molecular weight is 344 g/mol. The fraction of sp³-hybridized carbons (Fsp3) is 0.579. The van der Waals surface area contributed by atoms with Crippen LogP contribution in [0.4, 0.5) is 4.79 Å². The van der Waals surface area contributed by atoms with Gasteiger partial charge >= 0.3 is 6.03 Å². The number of amides is 2. The first-order valence-electron chi connectivity index (χ1n) is 9.25. The molecule has 6 nitrogen and oxygen atoms in total. The van der Waals surface area contributed by atoms with Gasteiger partial charge in [-0.1, -0.05) is 19.1 Å². The third-order valence-corrected chi connectivity index (χ3v) is 5.47. The van der Waals surface area contributed by atoms with Gasteiger partial charge in [-0.2, -0.15) is 0 Å². The maximum Gasteiger partial charge on any atom is 0.317 e. The van der Waals surface area contributed by atoms with Gasteiger partial charge in [0, 0.05) is 26.1 Å². The highest BCUT2D eigenvalue weighted by Crippen LogP contribution is 2.31. The van der Waals surface area contributed by atoms with Crippen LogP contribution in [0, 0.1) is 0 Å². The Bertz CT molecular complexity index is 736. The lowest BCUT2D eigenvalue weighted by atomic mass is 9.94. The van der Waals surface area contributed by atoms with Gasteiger partial charge in [-0.25, -0.2) is 9.78 Å². The second-order valence-corrected chi connectivity index (χ2v) is 6.73. The third-order valence-electron chi connectivity index (χ3n) is 5.47. The Kier molecular flexibility index (Phi) is 5.27. The molecule has 3 rings (SSSR count). The molecule has 1 atom stereocenters. The topological polar surface area (TPSA) is 70.4 Å². The van der Waals surface area contributed by atoms with Crippen LogP contribution >= 0.6 is 0 Å². The molecule has 25 heavy (non-hydrogen) atoms. The maximum atomic E-state index is 12.6. The zero-order valence-electron chi connectivity index (χ0n) is 15.2. The number of para-hydroxylation sites is 2. The van der Waals surface area contributed by atoms with Crippen molar-refractivity contribution < 1.29 is 9.90 Å². The summed E-state index contributed by atoms with van der Waals surface area (Å²) in [7, 11) is 0. The van der Waals surface area contributed by atoms with E-state index >= 15 is 0 Å². The first-order chi connectivity index (χ1) is 12.1. The minimum atomic E-state index is -0.388. The number of hydrogen-bond donors (Lipinski definition) is 2. The highest BCUT2D eigenvalue weighted by atomic mass is 16.3. The summed E-state index contributed by atoms with van der Waals surface area (Å²) in [6, 6.07) is 8.04. The van der Waals surface area contributed by atoms with E-state index in [1.165, 1.54) is 0 Å². The van der Waals surface area contributed by atoms with Crippen molar-refractivity contribution in [3.8, 4) is 0 Å². The predicted octanol–water partition coefficient (Wildman–Crippen LogP) is 2.55. The number of nitrogens with one attached hydrogen (secondary N) is 1. The SMILES string of the molecule is CCn1c(CCNC(=O)N2CCC[C@]2(CC)CO)nc2ccccc21. The molecule has 2 N–H and O–H groups in total. The molecule has 1 aliphatic rings. The van der Waals surface area contributed by atoms with Gasteiger partial charge in [0.05, 0.1) is 23.2 Å². The molecule has 1 fully saturated rings. The van der Waals surface area contributed by atoms with E-state index in [-0.39, 0.29) is 18.2 Å². The van der Waals surface area contributed by atoms with Crippen molar-refractivity contribution in [1.29, 1.82) is 0 Å². The fourth-order valence-corrected chi connectivity index (χ4v) is 3.94. The van der Waals surface area contributed by atoms with E-state index in [0.29, 0.717) is 19.5 Å². The molecule has 6 heteroatoms. The number of nitrogens with zero attached hydrogens (tertiary/aromatic N) is 3. The molecule has 0 unspecified atom stereocenters. The summed E-state index contributed by atoms with van der Waals surface area (Å²) in [5.41, 5.74) is 1.74. The molecule has 1 aliphatic heterocycles. The molecule has 0 spiro atoms. The molecular weight excluding hydrogens is 316 g/mol. The van der Waals surface area contributed by atoms with Gasteiger partial charge in [0.2, 0.25) is 0 Å². The largest absolute Gasteiger partial charge is 0.394 e. The van der Waals surface area contributed by atoms with E-state index in [9.17, 15) is 9.90 Å². The van der Waals surface area contributed by atoms with Gasteiger partial charge in [0.1, 0.15) is 5.82 Å². The van der Waals surface area contributed by atoms with Crippen molar-refractivity contribution in [2.45, 2.75) is 51.6 Å². The zero-order valence-corrected chi connectivity index (χ0v) is 15.2. The summed E-state index contributed by atoms with van der Waals surface area (Å²) in [6.07, 6.45) is 3.30. The van der Waals surface area contributed by atoms with Gasteiger partial charge in [-0.15, -0.1) is 0 Å². The second-order valence-electron chi connectivity index (χ2n) is 6.73. The van der Waals surface area contributed by atoms with Crippen molar-refractivity contribution in [2.75, 3.05) is 19.7 Å². The molecule has 2 heterocycles. The number of aryl methyl sites for hydroxylation is 1. The van der Waals surface area contributed by atoms with Gasteiger partial charge in [-0.05, 0) is 38.3 Å². The molecule has 0 radical (unpaired) electrons. The first-order valence-corrected chi connectivity index (χ1v) is 9.25. The molecule has 0 aliphatic carbocycles. The summed E-state index contributed by atoms with van der Waals surface area (Å²) < 4.78 is 2.20. The van der Waals surface area contributed by atoms with E-state index in [2.05, 4.69) is 22.9 Å². The number of carbonyl (C=O) groups excluding carboxylic acids is 1. The van der Waals surface area contributed by atoms with Crippen molar-refractivity contribution >= 4 is 17.1 Å².